The number of hydrogen-bond acceptors (Lipinski definition) is 3. The van der Waals surface area contributed by atoms with E-state index in [1.807, 2.05) is 13.8 Å². The van der Waals surface area contributed by atoms with Crippen molar-refractivity contribution in [2.75, 3.05) is 0 Å². The highest BCUT2D eigenvalue weighted by molar-refractivity contribution is 5.82. The Morgan fingerprint density at radius 1 is 1.11 bits per heavy atom. The standard InChI is InChI=1S/C14H27NO3/c1-4-5-6-7-8-9-10-14(16)13(15(17)18)11-12(2)3/h12-13H,4-11H2,1-3H3. The fourth-order valence-corrected chi connectivity index (χ4v) is 2.03. The zero-order valence-electron chi connectivity index (χ0n) is 12.0. The van der Waals surface area contributed by atoms with Crippen LogP contribution in [0, 0.1) is 16.0 Å². The van der Waals surface area contributed by atoms with Gasteiger partial charge in [0.15, 0.2) is 0 Å². The quantitative estimate of drug-likeness (QED) is 0.319. The summed E-state index contributed by atoms with van der Waals surface area (Å²) in [6.07, 6.45) is 7.31. The molecule has 0 fully saturated rings. The van der Waals surface area contributed by atoms with Gasteiger partial charge < -0.3 is 0 Å². The molecule has 0 aromatic rings. The van der Waals surface area contributed by atoms with Crippen molar-refractivity contribution in [2.24, 2.45) is 5.92 Å². The molecule has 106 valence electrons. The van der Waals surface area contributed by atoms with E-state index in [0.29, 0.717) is 12.8 Å². The molecule has 4 nitrogen and oxygen atoms in total. The lowest BCUT2D eigenvalue weighted by molar-refractivity contribution is -0.509. The number of ketones is 1. The van der Waals surface area contributed by atoms with Crippen LogP contribution in [0.2, 0.25) is 0 Å². The van der Waals surface area contributed by atoms with Crippen molar-refractivity contribution in [1.82, 2.24) is 0 Å². The second kappa shape index (κ2) is 10.0. The lowest BCUT2D eigenvalue weighted by Gasteiger charge is -2.10. The molecule has 0 radical (unpaired) electrons. The zero-order valence-corrected chi connectivity index (χ0v) is 12.0. The van der Waals surface area contributed by atoms with Crippen LogP contribution in [0.25, 0.3) is 0 Å². The molecule has 0 N–H and O–H groups in total. The molecular formula is C14H27NO3. The van der Waals surface area contributed by atoms with E-state index < -0.39 is 11.0 Å². The van der Waals surface area contributed by atoms with Crippen LogP contribution < -0.4 is 0 Å². The van der Waals surface area contributed by atoms with Crippen molar-refractivity contribution >= 4 is 5.78 Å². The first kappa shape index (κ1) is 17.1. The van der Waals surface area contributed by atoms with Crippen LogP contribution in [-0.2, 0) is 4.79 Å². The average Bonchev–Trinajstić information content (AvgIpc) is 2.29. The number of unbranched alkanes of at least 4 members (excludes halogenated alkanes) is 5. The fraction of sp³-hybridized carbons (Fsp3) is 0.929. The van der Waals surface area contributed by atoms with Crippen LogP contribution in [0.15, 0.2) is 0 Å². The third-order valence-corrected chi connectivity index (χ3v) is 3.10. The van der Waals surface area contributed by atoms with Crippen molar-refractivity contribution in [1.29, 1.82) is 0 Å². The number of Topliss-reactive ketones (excluding diaryl/α,β-unsaturated/α-hetero) is 1. The molecule has 0 saturated carbocycles. The smallest absolute Gasteiger partial charge is 0.270 e. The third kappa shape index (κ3) is 8.20. The molecule has 0 spiro atoms. The maximum Gasteiger partial charge on any atom is 0.270 e. The van der Waals surface area contributed by atoms with E-state index in [-0.39, 0.29) is 11.7 Å². The zero-order chi connectivity index (χ0) is 14.0. The van der Waals surface area contributed by atoms with E-state index in [9.17, 15) is 14.9 Å². The predicted octanol–water partition coefficient (Wildman–Crippen LogP) is 4.00. The second-order valence-corrected chi connectivity index (χ2v) is 5.41. The first-order chi connectivity index (χ1) is 8.49. The Balaban J connectivity index is 3.86. The van der Waals surface area contributed by atoms with E-state index in [2.05, 4.69) is 6.92 Å². The van der Waals surface area contributed by atoms with Gasteiger partial charge in [-0.3, -0.25) is 14.9 Å². The number of carbonyl (C=O) groups excluding carboxylic acids is 1. The first-order valence-corrected chi connectivity index (χ1v) is 7.15. The highest BCUT2D eigenvalue weighted by Gasteiger charge is 2.29. The predicted molar refractivity (Wildman–Crippen MR) is 73.2 cm³/mol. The van der Waals surface area contributed by atoms with E-state index in [4.69, 9.17) is 0 Å². The van der Waals surface area contributed by atoms with Gasteiger partial charge in [-0.05, 0) is 12.3 Å². The SMILES string of the molecule is CCCCCCCCC(=O)C(CC(C)C)[N+](=O)[O-]. The van der Waals surface area contributed by atoms with Crippen molar-refractivity contribution in [3.63, 3.8) is 0 Å². The normalized spacial score (nSPS) is 12.7. The maximum atomic E-state index is 11.8. The topological polar surface area (TPSA) is 60.2 Å². The number of nitro groups is 1. The van der Waals surface area contributed by atoms with Gasteiger partial charge >= 0.3 is 0 Å². The van der Waals surface area contributed by atoms with Crippen molar-refractivity contribution in [2.45, 2.75) is 78.2 Å². The van der Waals surface area contributed by atoms with Gasteiger partial charge in [-0.15, -0.1) is 0 Å². The summed E-state index contributed by atoms with van der Waals surface area (Å²) >= 11 is 0. The Morgan fingerprint density at radius 2 is 1.67 bits per heavy atom. The Hall–Kier alpha value is -0.930. The summed E-state index contributed by atoms with van der Waals surface area (Å²) in [5, 5.41) is 10.8. The van der Waals surface area contributed by atoms with Crippen molar-refractivity contribution < 1.29 is 9.72 Å². The van der Waals surface area contributed by atoms with Gasteiger partial charge in [0.25, 0.3) is 6.04 Å². The molecule has 1 unspecified atom stereocenters. The summed E-state index contributed by atoms with van der Waals surface area (Å²) in [5.41, 5.74) is 0. The summed E-state index contributed by atoms with van der Waals surface area (Å²) in [4.78, 5) is 22.2. The van der Waals surface area contributed by atoms with E-state index in [0.717, 1.165) is 19.3 Å². The lowest BCUT2D eigenvalue weighted by Crippen LogP contribution is -2.30. The van der Waals surface area contributed by atoms with Gasteiger partial charge in [0.2, 0.25) is 5.78 Å². The molecule has 0 heterocycles. The molecule has 1 atom stereocenters. The van der Waals surface area contributed by atoms with Crippen molar-refractivity contribution in [3.8, 4) is 0 Å². The Kier molecular flexibility index (Phi) is 9.52. The van der Waals surface area contributed by atoms with Crippen LogP contribution in [-0.4, -0.2) is 16.7 Å². The number of nitrogens with zero attached hydrogens (tertiary/aromatic N) is 1. The highest BCUT2D eigenvalue weighted by Crippen LogP contribution is 2.13. The molecule has 18 heavy (non-hydrogen) atoms. The minimum absolute atomic E-state index is 0.189. The van der Waals surface area contributed by atoms with Gasteiger partial charge in [-0.25, -0.2) is 0 Å². The fourth-order valence-electron chi connectivity index (χ4n) is 2.03. The average molecular weight is 257 g/mol. The molecule has 0 amide bonds. The second-order valence-electron chi connectivity index (χ2n) is 5.41. The van der Waals surface area contributed by atoms with E-state index in [1.165, 1.54) is 19.3 Å². The number of rotatable bonds is 11. The monoisotopic (exact) mass is 257 g/mol. The lowest BCUT2D eigenvalue weighted by atomic mass is 9.97. The van der Waals surface area contributed by atoms with Gasteiger partial charge in [0, 0.05) is 17.8 Å². The maximum absolute atomic E-state index is 11.8. The van der Waals surface area contributed by atoms with Crippen LogP contribution >= 0.6 is 0 Å². The van der Waals surface area contributed by atoms with Gasteiger partial charge in [0.05, 0.1) is 0 Å². The minimum atomic E-state index is -0.986. The molecule has 0 aliphatic rings. The highest BCUT2D eigenvalue weighted by atomic mass is 16.6. The Morgan fingerprint density at radius 3 is 2.17 bits per heavy atom. The van der Waals surface area contributed by atoms with Gasteiger partial charge in [0.1, 0.15) is 0 Å². The van der Waals surface area contributed by atoms with Gasteiger partial charge in [-0.2, -0.15) is 0 Å². The molecule has 0 saturated heterocycles. The van der Waals surface area contributed by atoms with Gasteiger partial charge in [-0.1, -0.05) is 52.9 Å². The summed E-state index contributed by atoms with van der Waals surface area (Å²) in [6.45, 7) is 5.99. The molecule has 0 aliphatic heterocycles. The number of hydrogen-bond donors (Lipinski definition) is 0. The summed E-state index contributed by atoms with van der Waals surface area (Å²) in [5.74, 6) is -0.00176. The molecule has 0 bridgehead atoms. The molecule has 4 heteroatoms. The summed E-state index contributed by atoms with van der Waals surface area (Å²) in [7, 11) is 0. The van der Waals surface area contributed by atoms with Crippen LogP contribution in [0.3, 0.4) is 0 Å². The summed E-state index contributed by atoms with van der Waals surface area (Å²) < 4.78 is 0. The first-order valence-electron chi connectivity index (χ1n) is 7.15. The molecule has 0 aromatic carbocycles. The molecule has 0 aliphatic carbocycles. The third-order valence-electron chi connectivity index (χ3n) is 3.10. The van der Waals surface area contributed by atoms with Crippen molar-refractivity contribution in [3.05, 3.63) is 10.1 Å². The molecule has 0 aromatic heterocycles. The molecule has 0 rings (SSSR count). The Bertz CT molecular complexity index is 251. The number of carbonyl (C=O) groups is 1. The van der Waals surface area contributed by atoms with Crippen LogP contribution in [0.4, 0.5) is 0 Å². The Labute approximate surface area is 110 Å². The minimum Gasteiger partial charge on any atom is -0.292 e. The van der Waals surface area contributed by atoms with E-state index in [1.54, 1.807) is 0 Å². The largest absolute Gasteiger partial charge is 0.292 e. The summed E-state index contributed by atoms with van der Waals surface area (Å²) in [6, 6.07) is -0.986. The molecular weight excluding hydrogens is 230 g/mol. The van der Waals surface area contributed by atoms with E-state index >= 15 is 0 Å². The van der Waals surface area contributed by atoms with Crippen LogP contribution in [0.1, 0.15) is 72.1 Å². The van der Waals surface area contributed by atoms with Crippen LogP contribution in [0.5, 0.6) is 0 Å².